The van der Waals surface area contributed by atoms with E-state index in [4.69, 9.17) is 0 Å². The first-order valence-electron chi connectivity index (χ1n) is 2.93. The van der Waals surface area contributed by atoms with Crippen LogP contribution in [0, 0.1) is 0 Å². The lowest BCUT2D eigenvalue weighted by Gasteiger charge is -2.07. The van der Waals surface area contributed by atoms with Crippen LogP contribution in [0.2, 0.25) is 0 Å². The number of nitrogens with one attached hydrogen (secondary N) is 1. The van der Waals surface area contributed by atoms with Gasteiger partial charge in [0.25, 0.3) is 0 Å². The molecule has 1 unspecified atom stereocenters. The zero-order valence-corrected chi connectivity index (χ0v) is 5.44. The van der Waals surface area contributed by atoms with Crippen LogP contribution >= 0.6 is 0 Å². The molecule has 1 aliphatic rings. The molecule has 3 N–H and O–H groups in total. The number of halogens is 2. The normalized spacial score (nSPS) is 24.9. The fourth-order valence-corrected chi connectivity index (χ4v) is 0.890. The largest absolute Gasteiger partial charge is 0.412 e. The van der Waals surface area contributed by atoms with Gasteiger partial charge in [-0.05, 0) is 13.0 Å². The molecule has 0 aromatic carbocycles. The van der Waals surface area contributed by atoms with E-state index in [0.29, 0.717) is 13.0 Å². The first kappa shape index (κ1) is 9.74. The summed E-state index contributed by atoms with van der Waals surface area (Å²) in [6.45, 7) is -1.27. The predicted molar refractivity (Wildman–Crippen MR) is 32.0 cm³/mol. The summed E-state index contributed by atoms with van der Waals surface area (Å²) >= 11 is 0. The van der Waals surface area contributed by atoms with Crippen LogP contribution in [0.4, 0.5) is 8.78 Å². The molecule has 0 bridgehead atoms. The SMILES string of the molecule is FC(F)OC1CCNC1.O. The van der Waals surface area contributed by atoms with Gasteiger partial charge in [0.2, 0.25) is 0 Å². The smallest absolute Gasteiger partial charge is 0.345 e. The molecule has 1 aliphatic heterocycles. The maximum absolute atomic E-state index is 11.4. The van der Waals surface area contributed by atoms with Crippen LogP contribution in [0.1, 0.15) is 6.42 Å². The number of hydrogen-bond acceptors (Lipinski definition) is 2. The second kappa shape index (κ2) is 4.54. The third kappa shape index (κ3) is 3.05. The molecule has 0 radical (unpaired) electrons. The van der Waals surface area contributed by atoms with E-state index in [0.717, 1.165) is 6.54 Å². The number of rotatable bonds is 2. The van der Waals surface area contributed by atoms with Crippen molar-refractivity contribution in [3.05, 3.63) is 0 Å². The van der Waals surface area contributed by atoms with E-state index in [9.17, 15) is 8.78 Å². The Morgan fingerprint density at radius 2 is 2.20 bits per heavy atom. The van der Waals surface area contributed by atoms with Crippen molar-refractivity contribution in [1.82, 2.24) is 5.32 Å². The van der Waals surface area contributed by atoms with Gasteiger partial charge in [0.05, 0.1) is 6.10 Å². The highest BCUT2D eigenvalue weighted by Crippen LogP contribution is 2.07. The van der Waals surface area contributed by atoms with E-state index in [1.54, 1.807) is 0 Å². The van der Waals surface area contributed by atoms with E-state index < -0.39 is 6.61 Å². The van der Waals surface area contributed by atoms with Gasteiger partial charge in [-0.15, -0.1) is 0 Å². The fourth-order valence-electron chi connectivity index (χ4n) is 0.890. The van der Waals surface area contributed by atoms with Crippen molar-refractivity contribution in [3.8, 4) is 0 Å². The summed E-state index contributed by atoms with van der Waals surface area (Å²) in [6, 6.07) is 0. The minimum absolute atomic E-state index is 0. The van der Waals surface area contributed by atoms with Crippen molar-refractivity contribution in [1.29, 1.82) is 0 Å². The average molecular weight is 155 g/mol. The van der Waals surface area contributed by atoms with Crippen molar-refractivity contribution < 1.29 is 19.0 Å². The summed E-state index contributed by atoms with van der Waals surface area (Å²) in [6.07, 6.45) is 0.426. The fraction of sp³-hybridized carbons (Fsp3) is 1.00. The Morgan fingerprint density at radius 3 is 2.60 bits per heavy atom. The Bertz CT molecular complexity index is 85.7. The highest BCUT2D eigenvalue weighted by molar-refractivity contribution is 4.70. The van der Waals surface area contributed by atoms with Crippen LogP contribution in [0.5, 0.6) is 0 Å². The van der Waals surface area contributed by atoms with Gasteiger partial charge < -0.3 is 15.5 Å². The molecule has 5 heteroatoms. The molecule has 62 valence electrons. The van der Waals surface area contributed by atoms with Crippen molar-refractivity contribution in [3.63, 3.8) is 0 Å². The van der Waals surface area contributed by atoms with Crippen molar-refractivity contribution in [2.45, 2.75) is 19.1 Å². The van der Waals surface area contributed by atoms with Crippen LogP contribution in [0.15, 0.2) is 0 Å². The highest BCUT2D eigenvalue weighted by atomic mass is 19.3. The van der Waals surface area contributed by atoms with Gasteiger partial charge in [-0.1, -0.05) is 0 Å². The van der Waals surface area contributed by atoms with Crippen LogP contribution in [-0.4, -0.2) is 31.3 Å². The van der Waals surface area contributed by atoms with Crippen molar-refractivity contribution >= 4 is 0 Å². The maximum atomic E-state index is 11.4. The standard InChI is InChI=1S/C5H9F2NO.H2O/c6-5(7)9-4-1-2-8-3-4;/h4-5,8H,1-3H2;1H2. The number of ether oxygens (including phenoxy) is 1. The molecule has 1 atom stereocenters. The maximum Gasteiger partial charge on any atom is 0.345 e. The van der Waals surface area contributed by atoms with Gasteiger partial charge in [-0.25, -0.2) is 0 Å². The topological polar surface area (TPSA) is 52.8 Å². The number of alkyl halides is 2. The van der Waals surface area contributed by atoms with Crippen molar-refractivity contribution in [2.24, 2.45) is 0 Å². The summed E-state index contributed by atoms with van der Waals surface area (Å²) in [5, 5.41) is 2.92. The summed E-state index contributed by atoms with van der Waals surface area (Å²) in [5.41, 5.74) is 0. The second-order valence-corrected chi connectivity index (χ2v) is 2.01. The van der Waals surface area contributed by atoms with Crippen LogP contribution < -0.4 is 5.32 Å². The molecule has 1 heterocycles. The summed E-state index contributed by atoms with van der Waals surface area (Å²) < 4.78 is 27.1. The van der Waals surface area contributed by atoms with Gasteiger partial charge >= 0.3 is 6.61 Å². The molecule has 0 spiro atoms. The molecular weight excluding hydrogens is 144 g/mol. The quantitative estimate of drug-likeness (QED) is 0.598. The first-order chi connectivity index (χ1) is 4.29. The van der Waals surface area contributed by atoms with Crippen LogP contribution in [-0.2, 0) is 4.74 Å². The molecule has 1 fully saturated rings. The van der Waals surface area contributed by atoms with E-state index in [1.807, 2.05) is 0 Å². The highest BCUT2D eigenvalue weighted by Gasteiger charge is 2.18. The third-order valence-electron chi connectivity index (χ3n) is 1.31. The van der Waals surface area contributed by atoms with Gasteiger partial charge in [-0.3, -0.25) is 0 Å². The van der Waals surface area contributed by atoms with Crippen molar-refractivity contribution in [2.75, 3.05) is 13.1 Å². The Hall–Kier alpha value is -0.260. The monoisotopic (exact) mass is 155 g/mol. The van der Waals surface area contributed by atoms with Gasteiger partial charge in [0.1, 0.15) is 0 Å². The summed E-state index contributed by atoms with van der Waals surface area (Å²) in [5.74, 6) is 0. The van der Waals surface area contributed by atoms with Gasteiger partial charge in [0, 0.05) is 6.54 Å². The first-order valence-corrected chi connectivity index (χ1v) is 2.93. The Labute approximate surface area is 57.7 Å². The molecule has 1 rings (SSSR count). The minimum atomic E-state index is -2.62. The molecule has 0 amide bonds. The van der Waals surface area contributed by atoms with E-state index in [1.165, 1.54) is 0 Å². The zero-order chi connectivity index (χ0) is 6.69. The molecule has 3 nitrogen and oxygen atoms in total. The lowest BCUT2D eigenvalue weighted by Crippen LogP contribution is -2.19. The average Bonchev–Trinajstić information content (AvgIpc) is 2.15. The minimum Gasteiger partial charge on any atom is -0.412 e. The van der Waals surface area contributed by atoms with E-state index in [2.05, 4.69) is 10.1 Å². The Balaban J connectivity index is 0.000000810. The van der Waals surface area contributed by atoms with E-state index in [-0.39, 0.29) is 11.6 Å². The molecular formula is C5H11F2NO2. The predicted octanol–water partition coefficient (Wildman–Crippen LogP) is -0.237. The Kier molecular flexibility index (Phi) is 4.42. The zero-order valence-electron chi connectivity index (χ0n) is 5.44. The lowest BCUT2D eigenvalue weighted by molar-refractivity contribution is -0.156. The lowest BCUT2D eigenvalue weighted by atomic mass is 10.3. The molecule has 1 saturated heterocycles. The second-order valence-electron chi connectivity index (χ2n) is 2.01. The van der Waals surface area contributed by atoms with Gasteiger partial charge in [0.15, 0.2) is 0 Å². The Morgan fingerprint density at radius 1 is 1.50 bits per heavy atom. The molecule has 0 saturated carbocycles. The third-order valence-corrected chi connectivity index (χ3v) is 1.31. The summed E-state index contributed by atoms with van der Waals surface area (Å²) in [7, 11) is 0. The molecule has 0 aliphatic carbocycles. The molecule has 10 heavy (non-hydrogen) atoms. The van der Waals surface area contributed by atoms with Gasteiger partial charge in [-0.2, -0.15) is 8.78 Å². The number of hydrogen-bond donors (Lipinski definition) is 1. The molecule has 0 aromatic rings. The van der Waals surface area contributed by atoms with E-state index >= 15 is 0 Å². The molecule has 0 aromatic heterocycles. The summed E-state index contributed by atoms with van der Waals surface area (Å²) in [4.78, 5) is 0. The van der Waals surface area contributed by atoms with Crippen LogP contribution in [0.3, 0.4) is 0 Å². The van der Waals surface area contributed by atoms with Crippen LogP contribution in [0.25, 0.3) is 0 Å².